The maximum atomic E-state index is 13.1. The quantitative estimate of drug-likeness (QED) is 0.442. The molecule has 1 unspecified atom stereocenters. The summed E-state index contributed by atoms with van der Waals surface area (Å²) in [6.07, 6.45) is 11.7. The highest BCUT2D eigenvalue weighted by Crippen LogP contribution is 2.34. The van der Waals surface area contributed by atoms with E-state index in [1.54, 1.807) is 0 Å². The van der Waals surface area contributed by atoms with Gasteiger partial charge in [0.15, 0.2) is 0 Å². The first kappa shape index (κ1) is 22.8. The monoisotopic (exact) mass is 491 g/mol. The third-order valence-electron chi connectivity index (χ3n) is 7.45. The van der Waals surface area contributed by atoms with Crippen LogP contribution in [0.1, 0.15) is 74.4 Å². The molecule has 1 saturated heterocycles. The zero-order valence-corrected chi connectivity index (χ0v) is 20.1. The number of fused-ring (bicyclic) bond motifs is 1. The number of aromatic nitrogens is 6. The van der Waals surface area contributed by atoms with Gasteiger partial charge in [0.1, 0.15) is 17.7 Å². The number of hydrogen-bond acceptors (Lipinski definition) is 8. The van der Waals surface area contributed by atoms with E-state index in [0.717, 1.165) is 61.4 Å². The molecule has 1 atom stereocenters. The number of halogens is 1. The smallest absolute Gasteiger partial charge is 0.247 e. The molecule has 0 bridgehead atoms. The molecule has 3 aromatic heterocycles. The summed E-state index contributed by atoms with van der Waals surface area (Å²) < 4.78 is 13.1. The van der Waals surface area contributed by atoms with E-state index in [1.165, 1.54) is 37.6 Å². The molecule has 4 heterocycles. The van der Waals surface area contributed by atoms with E-state index in [4.69, 9.17) is 15.0 Å². The number of pyridine rings is 1. The van der Waals surface area contributed by atoms with Gasteiger partial charge >= 0.3 is 0 Å². The van der Waals surface area contributed by atoms with Gasteiger partial charge in [0.2, 0.25) is 23.8 Å². The number of amides is 1. The first-order chi connectivity index (χ1) is 17.6. The lowest BCUT2D eigenvalue weighted by atomic mass is 9.89. The molecule has 36 heavy (non-hydrogen) atoms. The number of nitrogens with one attached hydrogen (secondary N) is 3. The van der Waals surface area contributed by atoms with Crippen molar-refractivity contribution in [3.05, 3.63) is 41.4 Å². The summed E-state index contributed by atoms with van der Waals surface area (Å²) in [5.74, 6) is 2.40. The summed E-state index contributed by atoms with van der Waals surface area (Å²) >= 11 is 0. The zero-order chi connectivity index (χ0) is 24.5. The van der Waals surface area contributed by atoms with Crippen molar-refractivity contribution in [3.63, 3.8) is 0 Å². The van der Waals surface area contributed by atoms with E-state index >= 15 is 0 Å². The van der Waals surface area contributed by atoms with Crippen LogP contribution in [0, 0.1) is 5.95 Å². The minimum atomic E-state index is -0.584. The number of carbonyl (C=O) groups excluding carboxylic acids is 1. The predicted octanol–water partition coefficient (Wildman–Crippen LogP) is 4.02. The molecule has 3 aliphatic rings. The molecule has 11 heteroatoms. The minimum absolute atomic E-state index is 0.175. The lowest BCUT2D eigenvalue weighted by Gasteiger charge is -2.25. The number of nitrogens with zero attached hydrogens (tertiary/aromatic N) is 6. The van der Waals surface area contributed by atoms with Crippen LogP contribution in [-0.2, 0) is 17.6 Å². The maximum Gasteiger partial charge on any atom is 0.247 e. The van der Waals surface area contributed by atoms with Gasteiger partial charge in [-0.1, -0.05) is 19.3 Å². The van der Waals surface area contributed by atoms with Crippen molar-refractivity contribution in [2.24, 2.45) is 0 Å². The van der Waals surface area contributed by atoms with Crippen molar-refractivity contribution in [2.75, 3.05) is 22.1 Å². The Balaban J connectivity index is 1.23. The first-order valence-electron chi connectivity index (χ1n) is 12.9. The van der Waals surface area contributed by atoms with Crippen molar-refractivity contribution in [1.29, 1.82) is 0 Å². The van der Waals surface area contributed by atoms with Gasteiger partial charge in [-0.25, -0.2) is 9.97 Å². The van der Waals surface area contributed by atoms with Crippen LogP contribution in [0.4, 0.5) is 27.8 Å². The average Bonchev–Trinajstić information content (AvgIpc) is 3.66. The van der Waals surface area contributed by atoms with Crippen LogP contribution in [0.25, 0.3) is 0 Å². The average molecular weight is 492 g/mol. The molecule has 3 N–H and O–H groups in total. The summed E-state index contributed by atoms with van der Waals surface area (Å²) in [4.78, 5) is 33.1. The number of H-pyrrole nitrogens is 1. The zero-order valence-electron chi connectivity index (χ0n) is 20.1. The Morgan fingerprint density at radius 3 is 2.75 bits per heavy atom. The van der Waals surface area contributed by atoms with Crippen LogP contribution >= 0.6 is 0 Å². The second kappa shape index (κ2) is 9.79. The third kappa shape index (κ3) is 4.61. The summed E-state index contributed by atoms with van der Waals surface area (Å²) in [5.41, 5.74) is 2.57. The summed E-state index contributed by atoms with van der Waals surface area (Å²) in [6, 6.07) is 2.32. The number of hydrogen-bond donors (Lipinski definition) is 3. The van der Waals surface area contributed by atoms with E-state index in [9.17, 15) is 9.18 Å². The number of anilines is 4. The Kier molecular flexibility index (Phi) is 6.20. The number of carbonyl (C=O) groups is 1. The molecule has 1 amide bonds. The Morgan fingerprint density at radius 1 is 1.03 bits per heavy atom. The Bertz CT molecular complexity index is 1240. The standard InChI is InChI=1S/C25H30FN9O/c26-20-12-11-16(14-27-20)28-23(36)19-10-5-13-35(19)25-29-18-9-4-8-17(18)22(32-25)31-24-30-21(33-34-24)15-6-2-1-3-7-15/h11-12,14-15,19H,1-10,13H2,(H,28,36)(H2,29,30,31,32,33,34). The van der Waals surface area contributed by atoms with E-state index in [2.05, 4.69) is 25.8 Å². The van der Waals surface area contributed by atoms with Gasteiger partial charge in [-0.3, -0.25) is 9.89 Å². The van der Waals surface area contributed by atoms with Gasteiger partial charge in [0, 0.05) is 18.0 Å². The van der Waals surface area contributed by atoms with Gasteiger partial charge < -0.3 is 15.5 Å². The van der Waals surface area contributed by atoms with Crippen molar-refractivity contribution >= 4 is 29.3 Å². The molecule has 0 aromatic carbocycles. The van der Waals surface area contributed by atoms with E-state index in [0.29, 0.717) is 36.5 Å². The first-order valence-corrected chi connectivity index (χ1v) is 12.9. The largest absolute Gasteiger partial charge is 0.329 e. The van der Waals surface area contributed by atoms with Gasteiger partial charge in [0.05, 0.1) is 17.6 Å². The molecule has 1 aliphatic heterocycles. The molecule has 3 aromatic rings. The Labute approximate surface area is 208 Å². The fourth-order valence-corrected chi connectivity index (χ4v) is 5.60. The molecule has 188 valence electrons. The number of rotatable bonds is 6. The highest BCUT2D eigenvalue weighted by molar-refractivity contribution is 5.96. The summed E-state index contributed by atoms with van der Waals surface area (Å²) in [7, 11) is 0. The molecule has 1 saturated carbocycles. The number of aryl methyl sites for hydroxylation is 1. The molecule has 0 radical (unpaired) electrons. The van der Waals surface area contributed by atoms with Crippen LogP contribution in [0.15, 0.2) is 18.3 Å². The lowest BCUT2D eigenvalue weighted by Crippen LogP contribution is -2.40. The van der Waals surface area contributed by atoms with Crippen LogP contribution < -0.4 is 15.5 Å². The fourth-order valence-electron chi connectivity index (χ4n) is 5.60. The predicted molar refractivity (Wildman–Crippen MR) is 133 cm³/mol. The molecule has 6 rings (SSSR count). The SMILES string of the molecule is O=C(Nc1ccc(F)nc1)C1CCCN1c1nc2c(c(Nc3n[nH]c(C4CCCCC4)n3)n1)CCC2. The minimum Gasteiger partial charge on any atom is -0.329 e. The molecule has 0 spiro atoms. The van der Waals surface area contributed by atoms with Crippen LogP contribution in [0.2, 0.25) is 0 Å². The van der Waals surface area contributed by atoms with Gasteiger partial charge in [-0.15, -0.1) is 5.10 Å². The van der Waals surface area contributed by atoms with Gasteiger partial charge in [-0.2, -0.15) is 14.4 Å². The second-order valence-electron chi connectivity index (χ2n) is 9.87. The maximum absolute atomic E-state index is 13.1. The van der Waals surface area contributed by atoms with E-state index in [1.807, 2.05) is 4.90 Å². The van der Waals surface area contributed by atoms with Crippen LogP contribution in [0.5, 0.6) is 0 Å². The normalized spacial score (nSPS) is 19.9. The van der Waals surface area contributed by atoms with Gasteiger partial charge in [-0.05, 0) is 57.1 Å². The summed E-state index contributed by atoms with van der Waals surface area (Å²) in [6.45, 7) is 0.685. The van der Waals surface area contributed by atoms with Crippen molar-refractivity contribution in [1.82, 2.24) is 30.1 Å². The van der Waals surface area contributed by atoms with Crippen molar-refractivity contribution in [2.45, 2.75) is 76.2 Å². The highest BCUT2D eigenvalue weighted by atomic mass is 19.1. The molecule has 2 fully saturated rings. The molecular weight excluding hydrogens is 461 g/mol. The molecular formula is C25H30FN9O. The Morgan fingerprint density at radius 2 is 1.92 bits per heavy atom. The van der Waals surface area contributed by atoms with Crippen LogP contribution in [-0.4, -0.2) is 48.6 Å². The topological polar surface area (TPSA) is 125 Å². The van der Waals surface area contributed by atoms with Crippen molar-refractivity contribution < 1.29 is 9.18 Å². The lowest BCUT2D eigenvalue weighted by molar-refractivity contribution is -0.117. The summed E-state index contributed by atoms with van der Waals surface area (Å²) in [5, 5.41) is 13.7. The fraction of sp³-hybridized carbons (Fsp3) is 0.520. The highest BCUT2D eigenvalue weighted by Gasteiger charge is 2.34. The van der Waals surface area contributed by atoms with E-state index in [-0.39, 0.29) is 5.91 Å². The van der Waals surface area contributed by atoms with E-state index < -0.39 is 12.0 Å². The van der Waals surface area contributed by atoms with Crippen LogP contribution in [0.3, 0.4) is 0 Å². The van der Waals surface area contributed by atoms with Gasteiger partial charge in [0.25, 0.3) is 0 Å². The third-order valence-corrected chi connectivity index (χ3v) is 7.45. The van der Waals surface area contributed by atoms with Crippen molar-refractivity contribution in [3.8, 4) is 0 Å². The molecule has 2 aliphatic carbocycles. The second-order valence-corrected chi connectivity index (χ2v) is 9.87. The number of aromatic amines is 1. The molecule has 10 nitrogen and oxygen atoms in total. The Hall–Kier alpha value is -3.63.